The van der Waals surface area contributed by atoms with Crippen LogP contribution in [0.3, 0.4) is 0 Å². The van der Waals surface area contributed by atoms with Gasteiger partial charge in [-0.25, -0.2) is 4.98 Å². The summed E-state index contributed by atoms with van der Waals surface area (Å²) >= 11 is 1.82. The summed E-state index contributed by atoms with van der Waals surface area (Å²) in [6.45, 7) is 2.02. The van der Waals surface area contributed by atoms with Crippen LogP contribution in [0.5, 0.6) is 0 Å². The van der Waals surface area contributed by atoms with Crippen LogP contribution in [0.15, 0.2) is 48.0 Å². The molecule has 17 heavy (non-hydrogen) atoms. The van der Waals surface area contributed by atoms with E-state index in [1.807, 2.05) is 29.7 Å². The van der Waals surface area contributed by atoms with Gasteiger partial charge in [0.05, 0.1) is 0 Å². The first kappa shape index (κ1) is 10.5. The summed E-state index contributed by atoms with van der Waals surface area (Å²) in [4.78, 5) is 8.11. The SMILES string of the molecule is C1=C(c2cccs2)CCN(c2ccccn2)C1. The van der Waals surface area contributed by atoms with Crippen molar-refractivity contribution in [3.05, 3.63) is 52.9 Å². The van der Waals surface area contributed by atoms with Crippen molar-refractivity contribution in [1.29, 1.82) is 0 Å². The predicted octanol–water partition coefficient (Wildman–Crippen LogP) is 3.44. The van der Waals surface area contributed by atoms with Crippen molar-refractivity contribution in [1.82, 2.24) is 4.98 Å². The molecular weight excluding hydrogens is 228 g/mol. The van der Waals surface area contributed by atoms with Gasteiger partial charge in [-0.3, -0.25) is 0 Å². The van der Waals surface area contributed by atoms with Crippen LogP contribution in [0.4, 0.5) is 5.82 Å². The molecule has 0 amide bonds. The third-order valence-electron chi connectivity index (χ3n) is 3.02. The number of aromatic nitrogens is 1. The highest BCUT2D eigenvalue weighted by Gasteiger charge is 2.14. The Morgan fingerprint density at radius 3 is 2.82 bits per heavy atom. The van der Waals surface area contributed by atoms with Crippen molar-refractivity contribution in [2.75, 3.05) is 18.0 Å². The second-order valence-electron chi connectivity index (χ2n) is 4.09. The van der Waals surface area contributed by atoms with E-state index in [0.717, 1.165) is 25.3 Å². The van der Waals surface area contributed by atoms with Crippen LogP contribution in [0.2, 0.25) is 0 Å². The lowest BCUT2D eigenvalue weighted by atomic mass is 10.1. The van der Waals surface area contributed by atoms with E-state index in [2.05, 4.69) is 39.5 Å². The normalized spacial score (nSPS) is 15.8. The topological polar surface area (TPSA) is 16.1 Å². The zero-order valence-corrected chi connectivity index (χ0v) is 10.4. The molecule has 0 atom stereocenters. The molecule has 0 fully saturated rings. The van der Waals surface area contributed by atoms with E-state index in [4.69, 9.17) is 0 Å². The molecule has 3 heterocycles. The quantitative estimate of drug-likeness (QED) is 0.802. The number of rotatable bonds is 2. The molecular formula is C14H14N2S. The monoisotopic (exact) mass is 242 g/mol. The molecule has 86 valence electrons. The molecule has 0 spiro atoms. The van der Waals surface area contributed by atoms with Gasteiger partial charge < -0.3 is 4.90 Å². The van der Waals surface area contributed by atoms with Crippen molar-refractivity contribution in [2.45, 2.75) is 6.42 Å². The highest BCUT2D eigenvalue weighted by Crippen LogP contribution is 2.27. The Morgan fingerprint density at radius 2 is 2.18 bits per heavy atom. The number of nitrogens with zero attached hydrogens (tertiary/aromatic N) is 2. The lowest BCUT2D eigenvalue weighted by Crippen LogP contribution is -2.28. The number of hydrogen-bond acceptors (Lipinski definition) is 3. The highest BCUT2D eigenvalue weighted by molar-refractivity contribution is 7.11. The standard InChI is InChI=1S/C14H14N2S/c1-2-8-15-14(5-1)16-9-6-12(7-10-16)13-4-3-11-17-13/h1-6,8,11H,7,9-10H2. The largest absolute Gasteiger partial charge is 0.353 e. The number of hydrogen-bond donors (Lipinski definition) is 0. The summed E-state index contributed by atoms with van der Waals surface area (Å²) in [7, 11) is 0. The van der Waals surface area contributed by atoms with Crippen LogP contribution in [0.25, 0.3) is 5.57 Å². The molecule has 0 saturated heterocycles. The first-order valence-corrected chi connectivity index (χ1v) is 6.70. The Balaban J connectivity index is 1.76. The van der Waals surface area contributed by atoms with Gasteiger partial charge in [-0.05, 0) is 35.6 Å². The first-order chi connectivity index (χ1) is 8.43. The van der Waals surface area contributed by atoms with Crippen molar-refractivity contribution < 1.29 is 0 Å². The Hall–Kier alpha value is -1.61. The van der Waals surface area contributed by atoms with E-state index in [1.54, 1.807) is 0 Å². The Labute approximate surface area is 105 Å². The Bertz CT molecular complexity index is 502. The van der Waals surface area contributed by atoms with E-state index in [0.29, 0.717) is 0 Å². The lowest BCUT2D eigenvalue weighted by Gasteiger charge is -2.27. The molecule has 0 bridgehead atoms. The average Bonchev–Trinajstić information content (AvgIpc) is 2.94. The van der Waals surface area contributed by atoms with Crippen LogP contribution in [0.1, 0.15) is 11.3 Å². The highest BCUT2D eigenvalue weighted by atomic mass is 32.1. The summed E-state index contributed by atoms with van der Waals surface area (Å²) in [6.07, 6.45) is 5.29. The van der Waals surface area contributed by atoms with Gasteiger partial charge >= 0.3 is 0 Å². The van der Waals surface area contributed by atoms with Gasteiger partial charge in [0.2, 0.25) is 0 Å². The average molecular weight is 242 g/mol. The van der Waals surface area contributed by atoms with Gasteiger partial charge in [0.15, 0.2) is 0 Å². The summed E-state index contributed by atoms with van der Waals surface area (Å²) in [6, 6.07) is 10.4. The van der Waals surface area contributed by atoms with Gasteiger partial charge in [0.1, 0.15) is 5.82 Å². The van der Waals surface area contributed by atoms with Gasteiger partial charge in [0.25, 0.3) is 0 Å². The minimum Gasteiger partial charge on any atom is -0.353 e. The number of thiophene rings is 1. The minimum absolute atomic E-state index is 0.963. The predicted molar refractivity (Wildman–Crippen MR) is 73.4 cm³/mol. The maximum atomic E-state index is 4.39. The molecule has 1 aliphatic heterocycles. The van der Waals surface area contributed by atoms with Gasteiger partial charge in [-0.15, -0.1) is 11.3 Å². The smallest absolute Gasteiger partial charge is 0.128 e. The van der Waals surface area contributed by atoms with Crippen LogP contribution in [0, 0.1) is 0 Å². The lowest BCUT2D eigenvalue weighted by molar-refractivity contribution is 0.818. The van der Waals surface area contributed by atoms with Crippen LogP contribution in [-0.2, 0) is 0 Å². The maximum absolute atomic E-state index is 4.39. The van der Waals surface area contributed by atoms with Crippen LogP contribution < -0.4 is 4.90 Å². The van der Waals surface area contributed by atoms with Crippen molar-refractivity contribution >= 4 is 22.7 Å². The van der Waals surface area contributed by atoms with E-state index in [-0.39, 0.29) is 0 Å². The van der Waals surface area contributed by atoms with E-state index in [9.17, 15) is 0 Å². The summed E-state index contributed by atoms with van der Waals surface area (Å²) in [5.41, 5.74) is 1.48. The molecule has 0 radical (unpaired) electrons. The molecule has 3 rings (SSSR count). The Kier molecular flexibility index (Phi) is 2.92. The zero-order chi connectivity index (χ0) is 11.5. The van der Waals surface area contributed by atoms with Crippen LogP contribution in [-0.4, -0.2) is 18.1 Å². The van der Waals surface area contributed by atoms with Crippen molar-refractivity contribution in [3.63, 3.8) is 0 Å². The second kappa shape index (κ2) is 4.72. The van der Waals surface area contributed by atoms with E-state index >= 15 is 0 Å². The molecule has 0 aliphatic carbocycles. The molecule has 2 nitrogen and oxygen atoms in total. The van der Waals surface area contributed by atoms with Crippen molar-refractivity contribution in [2.24, 2.45) is 0 Å². The molecule has 0 aromatic carbocycles. The summed E-state index contributed by atoms with van der Waals surface area (Å²) in [5.74, 6) is 1.08. The fraction of sp³-hybridized carbons (Fsp3) is 0.214. The summed E-state index contributed by atoms with van der Waals surface area (Å²) in [5, 5.41) is 2.14. The van der Waals surface area contributed by atoms with E-state index < -0.39 is 0 Å². The van der Waals surface area contributed by atoms with Gasteiger partial charge in [-0.1, -0.05) is 18.2 Å². The van der Waals surface area contributed by atoms with Crippen LogP contribution >= 0.6 is 11.3 Å². The molecule has 0 unspecified atom stereocenters. The molecule has 2 aromatic rings. The minimum atomic E-state index is 0.963. The van der Waals surface area contributed by atoms with Gasteiger partial charge in [-0.2, -0.15) is 0 Å². The molecule has 1 aliphatic rings. The fourth-order valence-corrected chi connectivity index (χ4v) is 2.90. The van der Waals surface area contributed by atoms with Gasteiger partial charge in [0, 0.05) is 24.2 Å². The maximum Gasteiger partial charge on any atom is 0.128 e. The number of pyridine rings is 1. The fourth-order valence-electron chi connectivity index (χ4n) is 2.10. The zero-order valence-electron chi connectivity index (χ0n) is 9.54. The molecule has 0 saturated carbocycles. The Morgan fingerprint density at radius 1 is 1.18 bits per heavy atom. The molecule has 3 heteroatoms. The third kappa shape index (κ3) is 2.24. The second-order valence-corrected chi connectivity index (χ2v) is 5.04. The van der Waals surface area contributed by atoms with Crippen molar-refractivity contribution in [3.8, 4) is 0 Å². The first-order valence-electron chi connectivity index (χ1n) is 5.82. The summed E-state index contributed by atoms with van der Waals surface area (Å²) < 4.78 is 0. The number of anilines is 1. The molecule has 2 aromatic heterocycles. The molecule has 0 N–H and O–H groups in total. The third-order valence-corrected chi connectivity index (χ3v) is 3.97. The van der Waals surface area contributed by atoms with E-state index in [1.165, 1.54) is 10.5 Å².